The van der Waals surface area contributed by atoms with E-state index in [1.54, 1.807) is 34.1 Å². The van der Waals surface area contributed by atoms with Crippen molar-refractivity contribution < 1.29 is 19.1 Å². The van der Waals surface area contributed by atoms with E-state index >= 15 is 0 Å². The Kier molecular flexibility index (Phi) is 6.07. The van der Waals surface area contributed by atoms with Crippen LogP contribution in [-0.4, -0.2) is 66.0 Å². The van der Waals surface area contributed by atoms with Crippen LogP contribution in [-0.2, 0) is 9.53 Å². The summed E-state index contributed by atoms with van der Waals surface area (Å²) in [6, 6.07) is 6.78. The number of hydrogen-bond donors (Lipinski definition) is 2. The summed E-state index contributed by atoms with van der Waals surface area (Å²) in [4.78, 5) is 39.1. The highest BCUT2D eigenvalue weighted by atomic mass is 16.6. The van der Waals surface area contributed by atoms with Gasteiger partial charge in [0, 0.05) is 31.9 Å². The van der Waals surface area contributed by atoms with E-state index in [4.69, 9.17) is 10.5 Å². The number of carbonyl (C=O) groups excluding carboxylic acids is 3. The lowest BCUT2D eigenvalue weighted by Gasteiger charge is -2.35. The van der Waals surface area contributed by atoms with Crippen LogP contribution in [0.4, 0.5) is 10.5 Å². The number of nitrogens with zero attached hydrogens (tertiary/aromatic N) is 2. The van der Waals surface area contributed by atoms with Gasteiger partial charge in [-0.05, 0) is 32.9 Å². The Labute approximate surface area is 153 Å². The minimum atomic E-state index is -0.550. The van der Waals surface area contributed by atoms with Crippen LogP contribution < -0.4 is 11.1 Å². The number of nitrogens with one attached hydrogen (secondary N) is 1. The number of anilines is 1. The van der Waals surface area contributed by atoms with Gasteiger partial charge in [-0.15, -0.1) is 0 Å². The Bertz CT molecular complexity index is 676. The first kappa shape index (κ1) is 19.6. The number of primary amides is 1. The zero-order valence-electron chi connectivity index (χ0n) is 15.4. The third kappa shape index (κ3) is 5.37. The van der Waals surface area contributed by atoms with Gasteiger partial charge in [0.05, 0.1) is 12.1 Å². The Morgan fingerprint density at radius 2 is 1.65 bits per heavy atom. The van der Waals surface area contributed by atoms with Crippen molar-refractivity contribution in [3.8, 4) is 0 Å². The van der Waals surface area contributed by atoms with E-state index in [0.717, 1.165) is 0 Å². The molecule has 1 aromatic rings. The molecule has 8 heteroatoms. The van der Waals surface area contributed by atoms with Crippen molar-refractivity contribution in [1.29, 1.82) is 0 Å². The number of ether oxygens (including phenoxy) is 1. The minimum Gasteiger partial charge on any atom is -0.444 e. The molecule has 0 aliphatic carbocycles. The van der Waals surface area contributed by atoms with E-state index in [2.05, 4.69) is 5.32 Å². The Morgan fingerprint density at radius 3 is 2.23 bits per heavy atom. The molecule has 1 fully saturated rings. The molecule has 26 heavy (non-hydrogen) atoms. The van der Waals surface area contributed by atoms with Crippen molar-refractivity contribution >= 4 is 23.6 Å². The second-order valence-electron chi connectivity index (χ2n) is 7.11. The third-order valence-electron chi connectivity index (χ3n) is 3.91. The molecule has 0 spiro atoms. The molecule has 0 atom stereocenters. The lowest BCUT2D eigenvalue weighted by atomic mass is 10.1. The topological polar surface area (TPSA) is 105 Å². The largest absolute Gasteiger partial charge is 0.444 e. The number of piperazine rings is 1. The quantitative estimate of drug-likeness (QED) is 0.839. The molecule has 142 valence electrons. The zero-order valence-corrected chi connectivity index (χ0v) is 15.4. The van der Waals surface area contributed by atoms with E-state index in [9.17, 15) is 14.4 Å². The van der Waals surface area contributed by atoms with Crippen LogP contribution in [0.1, 0.15) is 31.1 Å². The highest BCUT2D eigenvalue weighted by Crippen LogP contribution is 2.15. The summed E-state index contributed by atoms with van der Waals surface area (Å²) in [6.45, 7) is 7.25. The number of rotatable bonds is 4. The minimum absolute atomic E-state index is 0.0523. The van der Waals surface area contributed by atoms with E-state index < -0.39 is 11.5 Å². The fraction of sp³-hybridized carbons (Fsp3) is 0.500. The molecule has 1 aliphatic rings. The van der Waals surface area contributed by atoms with Gasteiger partial charge in [-0.2, -0.15) is 0 Å². The lowest BCUT2D eigenvalue weighted by Crippen LogP contribution is -2.52. The van der Waals surface area contributed by atoms with E-state index in [-0.39, 0.29) is 18.5 Å². The highest BCUT2D eigenvalue weighted by Gasteiger charge is 2.27. The van der Waals surface area contributed by atoms with Gasteiger partial charge < -0.3 is 25.6 Å². The maximum Gasteiger partial charge on any atom is 0.410 e. The van der Waals surface area contributed by atoms with Gasteiger partial charge in [0.2, 0.25) is 5.91 Å². The predicted molar refractivity (Wildman–Crippen MR) is 97.8 cm³/mol. The molecule has 1 aromatic carbocycles. The van der Waals surface area contributed by atoms with E-state index in [0.29, 0.717) is 37.4 Å². The molecular weight excluding hydrogens is 336 g/mol. The lowest BCUT2D eigenvalue weighted by molar-refractivity contribution is -0.131. The van der Waals surface area contributed by atoms with Crippen LogP contribution in [0.15, 0.2) is 24.3 Å². The number of amides is 3. The molecule has 3 amide bonds. The van der Waals surface area contributed by atoms with Crippen LogP contribution in [0.5, 0.6) is 0 Å². The Morgan fingerprint density at radius 1 is 1.08 bits per heavy atom. The first-order valence-electron chi connectivity index (χ1n) is 8.56. The molecular formula is C18H26N4O4. The predicted octanol–water partition coefficient (Wildman–Crippen LogP) is 1.28. The second-order valence-corrected chi connectivity index (χ2v) is 7.11. The van der Waals surface area contributed by atoms with Crippen LogP contribution >= 0.6 is 0 Å². The summed E-state index contributed by atoms with van der Waals surface area (Å²) in [5.74, 6) is -0.653. The molecule has 0 unspecified atom stereocenters. The normalized spacial score (nSPS) is 14.7. The summed E-state index contributed by atoms with van der Waals surface area (Å²) in [7, 11) is 0. The summed E-state index contributed by atoms with van der Waals surface area (Å²) < 4.78 is 5.34. The van der Waals surface area contributed by atoms with Gasteiger partial charge in [0.25, 0.3) is 5.91 Å². The molecule has 0 radical (unpaired) electrons. The molecule has 1 aliphatic heterocycles. The molecule has 8 nitrogen and oxygen atoms in total. The van der Waals surface area contributed by atoms with Crippen LogP contribution in [0.25, 0.3) is 0 Å². The number of benzene rings is 1. The van der Waals surface area contributed by atoms with Gasteiger partial charge in [0.15, 0.2) is 0 Å². The SMILES string of the molecule is CC(C)(C)OC(=O)N1CCN(C(=O)CNc2ccccc2C(N)=O)CC1. The van der Waals surface area contributed by atoms with Crippen molar-refractivity contribution in [2.24, 2.45) is 5.73 Å². The van der Waals surface area contributed by atoms with Crippen molar-refractivity contribution in [3.63, 3.8) is 0 Å². The zero-order chi connectivity index (χ0) is 19.3. The fourth-order valence-corrected chi connectivity index (χ4v) is 2.60. The van der Waals surface area contributed by atoms with Gasteiger partial charge in [-0.25, -0.2) is 4.79 Å². The molecule has 2 rings (SSSR count). The Hall–Kier alpha value is -2.77. The third-order valence-corrected chi connectivity index (χ3v) is 3.91. The highest BCUT2D eigenvalue weighted by molar-refractivity contribution is 5.99. The number of para-hydroxylation sites is 1. The second kappa shape index (κ2) is 8.07. The maximum absolute atomic E-state index is 12.4. The van der Waals surface area contributed by atoms with Crippen LogP contribution in [0, 0.1) is 0 Å². The number of nitrogens with two attached hydrogens (primary N) is 1. The fourth-order valence-electron chi connectivity index (χ4n) is 2.60. The van der Waals surface area contributed by atoms with E-state index in [1.807, 2.05) is 20.8 Å². The molecule has 1 heterocycles. The average Bonchev–Trinajstić information content (AvgIpc) is 2.58. The van der Waals surface area contributed by atoms with Crippen molar-refractivity contribution in [2.75, 3.05) is 38.0 Å². The molecule has 1 saturated heterocycles. The van der Waals surface area contributed by atoms with Gasteiger partial charge in [0.1, 0.15) is 5.60 Å². The first-order chi connectivity index (χ1) is 12.2. The molecule has 0 aromatic heterocycles. The standard InChI is InChI=1S/C18H26N4O4/c1-18(2,3)26-17(25)22-10-8-21(9-11-22)15(23)12-20-14-7-5-4-6-13(14)16(19)24/h4-7,20H,8-12H2,1-3H3,(H2,19,24). The average molecular weight is 362 g/mol. The molecule has 0 bridgehead atoms. The van der Waals surface area contributed by atoms with Crippen molar-refractivity contribution in [2.45, 2.75) is 26.4 Å². The summed E-state index contributed by atoms with van der Waals surface area (Å²) in [6.07, 6.45) is -0.363. The van der Waals surface area contributed by atoms with Crippen molar-refractivity contribution in [1.82, 2.24) is 9.80 Å². The summed E-state index contributed by atoms with van der Waals surface area (Å²) in [5.41, 5.74) is 5.66. The van der Waals surface area contributed by atoms with Gasteiger partial charge >= 0.3 is 6.09 Å². The van der Waals surface area contributed by atoms with Gasteiger partial charge in [-0.1, -0.05) is 12.1 Å². The Balaban J connectivity index is 1.84. The number of hydrogen-bond acceptors (Lipinski definition) is 5. The van der Waals surface area contributed by atoms with Crippen molar-refractivity contribution in [3.05, 3.63) is 29.8 Å². The van der Waals surface area contributed by atoms with Crippen LogP contribution in [0.3, 0.4) is 0 Å². The van der Waals surface area contributed by atoms with Crippen LogP contribution in [0.2, 0.25) is 0 Å². The maximum atomic E-state index is 12.4. The van der Waals surface area contributed by atoms with E-state index in [1.165, 1.54) is 0 Å². The monoisotopic (exact) mass is 362 g/mol. The summed E-state index contributed by atoms with van der Waals surface area (Å²) in [5, 5.41) is 2.96. The number of carbonyl (C=O) groups is 3. The summed E-state index contributed by atoms with van der Waals surface area (Å²) >= 11 is 0. The van der Waals surface area contributed by atoms with Gasteiger partial charge in [-0.3, -0.25) is 9.59 Å². The molecule has 0 saturated carbocycles. The molecule has 3 N–H and O–H groups in total. The first-order valence-corrected chi connectivity index (χ1v) is 8.56. The smallest absolute Gasteiger partial charge is 0.410 e.